The average Bonchev–Trinajstić information content (AvgIpc) is 3.28. The minimum Gasteiger partial charge on any atom is -0.457 e. The molecule has 0 saturated carbocycles. The lowest BCUT2D eigenvalue weighted by Gasteiger charge is -2.01. The molecule has 2 aromatic heterocycles. The number of para-hydroxylation sites is 1. The number of rotatable bonds is 3. The van der Waals surface area contributed by atoms with Crippen molar-refractivity contribution in [3.63, 3.8) is 0 Å². The van der Waals surface area contributed by atoms with Crippen LogP contribution in [0.15, 0.2) is 59.0 Å². The van der Waals surface area contributed by atoms with Crippen LogP contribution in [-0.2, 0) is 0 Å². The number of allylic oxidation sites excluding steroid dienone is 1. The Morgan fingerprint density at radius 3 is 2.73 bits per heavy atom. The molecule has 0 atom stereocenters. The number of fused-ring (bicyclic) bond motifs is 1. The normalized spacial score (nSPS) is 11.7. The van der Waals surface area contributed by atoms with E-state index in [1.807, 2.05) is 36.4 Å². The van der Waals surface area contributed by atoms with Gasteiger partial charge < -0.3 is 4.42 Å². The summed E-state index contributed by atoms with van der Waals surface area (Å²) in [6, 6.07) is 18.9. The molecule has 126 valence electrons. The molecule has 2 heterocycles. The lowest BCUT2D eigenvalue weighted by Crippen LogP contribution is -1.79. The predicted molar refractivity (Wildman–Crippen MR) is 107 cm³/mol. The SMILES string of the molecule is N#CC(=Cc1ccc(-c2cccc(Cl)c2Cl)o1)c1nc2ccccc2s1. The molecule has 4 rings (SSSR count). The van der Waals surface area contributed by atoms with Crippen molar-refractivity contribution in [1.82, 2.24) is 4.98 Å². The molecule has 0 spiro atoms. The molecular weight excluding hydrogens is 387 g/mol. The van der Waals surface area contributed by atoms with E-state index in [9.17, 15) is 5.26 Å². The zero-order chi connectivity index (χ0) is 18.1. The minimum absolute atomic E-state index is 0.436. The van der Waals surface area contributed by atoms with Gasteiger partial charge in [-0.05, 0) is 36.4 Å². The Morgan fingerprint density at radius 2 is 1.92 bits per heavy atom. The number of hydrogen-bond acceptors (Lipinski definition) is 4. The average molecular weight is 397 g/mol. The maximum absolute atomic E-state index is 9.54. The number of nitriles is 1. The molecule has 0 aliphatic rings. The van der Waals surface area contributed by atoms with E-state index in [0.29, 0.717) is 37.7 Å². The zero-order valence-corrected chi connectivity index (χ0v) is 15.6. The molecule has 26 heavy (non-hydrogen) atoms. The highest BCUT2D eigenvalue weighted by atomic mass is 35.5. The smallest absolute Gasteiger partial charge is 0.136 e. The van der Waals surface area contributed by atoms with Crippen LogP contribution in [-0.4, -0.2) is 4.98 Å². The summed E-state index contributed by atoms with van der Waals surface area (Å²) in [6.45, 7) is 0. The van der Waals surface area contributed by atoms with E-state index in [1.54, 1.807) is 24.3 Å². The molecule has 0 N–H and O–H groups in total. The van der Waals surface area contributed by atoms with Crippen molar-refractivity contribution in [2.24, 2.45) is 0 Å². The van der Waals surface area contributed by atoms with Gasteiger partial charge in [0.2, 0.25) is 0 Å². The van der Waals surface area contributed by atoms with E-state index in [1.165, 1.54) is 11.3 Å². The van der Waals surface area contributed by atoms with Gasteiger partial charge >= 0.3 is 0 Å². The van der Waals surface area contributed by atoms with E-state index in [4.69, 9.17) is 27.6 Å². The van der Waals surface area contributed by atoms with Crippen LogP contribution < -0.4 is 0 Å². The Morgan fingerprint density at radius 1 is 1.08 bits per heavy atom. The number of halogens is 2. The number of benzene rings is 2. The molecule has 0 saturated heterocycles. The highest BCUT2D eigenvalue weighted by Gasteiger charge is 2.12. The molecule has 3 nitrogen and oxygen atoms in total. The second-order valence-electron chi connectivity index (χ2n) is 5.46. The Labute approximate surface area is 163 Å². The van der Waals surface area contributed by atoms with Gasteiger partial charge in [-0.2, -0.15) is 5.26 Å². The summed E-state index contributed by atoms with van der Waals surface area (Å²) in [5.74, 6) is 1.14. The van der Waals surface area contributed by atoms with E-state index in [-0.39, 0.29) is 0 Å². The fourth-order valence-corrected chi connectivity index (χ4v) is 3.87. The van der Waals surface area contributed by atoms with Crippen molar-refractivity contribution < 1.29 is 4.42 Å². The fourth-order valence-electron chi connectivity index (χ4n) is 2.54. The molecule has 4 aromatic rings. The summed E-state index contributed by atoms with van der Waals surface area (Å²) in [5.41, 5.74) is 2.03. The first kappa shape index (κ1) is 16.9. The van der Waals surface area contributed by atoms with Crippen molar-refractivity contribution in [1.29, 1.82) is 5.26 Å². The van der Waals surface area contributed by atoms with Gasteiger partial charge in [0, 0.05) is 11.6 Å². The summed E-state index contributed by atoms with van der Waals surface area (Å²) < 4.78 is 6.88. The first-order valence-electron chi connectivity index (χ1n) is 7.67. The Kier molecular flexibility index (Phi) is 4.52. The van der Waals surface area contributed by atoms with Gasteiger partial charge in [0.1, 0.15) is 22.6 Å². The minimum atomic E-state index is 0.436. The number of thiazole rings is 1. The Balaban J connectivity index is 1.72. The van der Waals surface area contributed by atoms with Crippen molar-refractivity contribution in [2.75, 3.05) is 0 Å². The van der Waals surface area contributed by atoms with Crippen LogP contribution in [0.4, 0.5) is 0 Å². The Bertz CT molecular complexity index is 1150. The van der Waals surface area contributed by atoms with Crippen molar-refractivity contribution in [2.45, 2.75) is 0 Å². The molecule has 2 aromatic carbocycles. The van der Waals surface area contributed by atoms with E-state index >= 15 is 0 Å². The van der Waals surface area contributed by atoms with Crippen LogP contribution in [0.5, 0.6) is 0 Å². The molecule has 0 aliphatic carbocycles. The largest absolute Gasteiger partial charge is 0.457 e. The molecular formula is C20H10Cl2N2OS. The number of nitrogens with zero attached hydrogens (tertiary/aromatic N) is 2. The number of furan rings is 1. The van der Waals surface area contributed by atoms with Crippen LogP contribution in [0.25, 0.3) is 33.2 Å². The third kappa shape index (κ3) is 3.13. The molecule has 0 amide bonds. The van der Waals surface area contributed by atoms with Gasteiger partial charge in [0.15, 0.2) is 0 Å². The van der Waals surface area contributed by atoms with E-state index in [2.05, 4.69) is 11.1 Å². The van der Waals surface area contributed by atoms with Gasteiger partial charge in [-0.25, -0.2) is 4.98 Å². The molecule has 0 radical (unpaired) electrons. The highest BCUT2D eigenvalue weighted by Crippen LogP contribution is 2.35. The summed E-state index contributed by atoms with van der Waals surface area (Å²) in [5, 5.41) is 11.1. The fraction of sp³-hybridized carbons (Fsp3) is 0. The summed E-state index contributed by atoms with van der Waals surface area (Å²) in [4.78, 5) is 4.52. The highest BCUT2D eigenvalue weighted by molar-refractivity contribution is 7.19. The summed E-state index contributed by atoms with van der Waals surface area (Å²) in [7, 11) is 0. The van der Waals surface area contributed by atoms with Crippen molar-refractivity contribution in [3.05, 3.63) is 75.4 Å². The summed E-state index contributed by atoms with van der Waals surface area (Å²) in [6.07, 6.45) is 1.68. The maximum Gasteiger partial charge on any atom is 0.136 e. The third-order valence-electron chi connectivity index (χ3n) is 3.78. The quantitative estimate of drug-likeness (QED) is 0.352. The first-order valence-corrected chi connectivity index (χ1v) is 9.25. The van der Waals surface area contributed by atoms with Crippen molar-refractivity contribution >= 4 is 56.4 Å². The number of aromatic nitrogens is 1. The van der Waals surface area contributed by atoms with Gasteiger partial charge in [-0.15, -0.1) is 11.3 Å². The van der Waals surface area contributed by atoms with Crippen LogP contribution in [0, 0.1) is 11.3 Å². The van der Waals surface area contributed by atoms with E-state index in [0.717, 1.165) is 10.2 Å². The van der Waals surface area contributed by atoms with Gasteiger partial charge in [-0.1, -0.05) is 41.4 Å². The second kappa shape index (κ2) is 6.97. The monoisotopic (exact) mass is 396 g/mol. The summed E-state index contributed by atoms with van der Waals surface area (Å²) >= 11 is 13.8. The lowest BCUT2D eigenvalue weighted by molar-refractivity contribution is 0.572. The molecule has 0 aliphatic heterocycles. The molecule has 0 bridgehead atoms. The van der Waals surface area contributed by atoms with Gasteiger partial charge in [0.25, 0.3) is 0 Å². The third-order valence-corrected chi connectivity index (χ3v) is 5.66. The molecule has 0 fully saturated rings. The molecule has 0 unspecified atom stereocenters. The first-order chi connectivity index (χ1) is 12.7. The zero-order valence-electron chi connectivity index (χ0n) is 13.2. The van der Waals surface area contributed by atoms with E-state index < -0.39 is 0 Å². The molecule has 6 heteroatoms. The van der Waals surface area contributed by atoms with Gasteiger partial charge in [0.05, 0.1) is 25.8 Å². The van der Waals surface area contributed by atoms with Crippen molar-refractivity contribution in [3.8, 4) is 17.4 Å². The number of hydrogen-bond donors (Lipinski definition) is 0. The maximum atomic E-state index is 9.54. The topological polar surface area (TPSA) is 49.8 Å². The van der Waals surface area contributed by atoms with Crippen LogP contribution in [0.2, 0.25) is 10.0 Å². The lowest BCUT2D eigenvalue weighted by atomic mass is 10.2. The Hall–Kier alpha value is -2.58. The predicted octanol–water partition coefficient (Wildman–Crippen LogP) is 6.93. The standard InChI is InChI=1S/C20H10Cl2N2OS/c21-15-5-3-4-14(19(15)22)17-9-8-13(25-17)10-12(11-23)20-24-16-6-1-2-7-18(16)26-20/h1-10H. The van der Waals surface area contributed by atoms with Crippen LogP contribution in [0.3, 0.4) is 0 Å². The van der Waals surface area contributed by atoms with Crippen LogP contribution in [0.1, 0.15) is 10.8 Å². The van der Waals surface area contributed by atoms with Crippen LogP contribution >= 0.6 is 34.5 Å². The second-order valence-corrected chi connectivity index (χ2v) is 7.28. The van der Waals surface area contributed by atoms with Gasteiger partial charge in [-0.3, -0.25) is 0 Å².